The number of rotatable bonds is 4. The van der Waals surface area contributed by atoms with Gasteiger partial charge in [-0.15, -0.1) is 0 Å². The van der Waals surface area contributed by atoms with Gasteiger partial charge in [0, 0.05) is 0 Å². The van der Waals surface area contributed by atoms with Gasteiger partial charge in [-0.05, 0) is 37.1 Å². The van der Waals surface area contributed by atoms with E-state index in [4.69, 9.17) is 0 Å². The summed E-state index contributed by atoms with van der Waals surface area (Å²) in [5.41, 5.74) is -0.704. The zero-order chi connectivity index (χ0) is 14.9. The number of carbonyl (C=O) groups excluding carboxylic acids is 4. The number of carboxylic acids is 4. The Balaban J connectivity index is -0.000000116. The van der Waals surface area contributed by atoms with E-state index in [2.05, 4.69) is 0 Å². The van der Waals surface area contributed by atoms with E-state index in [0.29, 0.717) is 12.2 Å². The van der Waals surface area contributed by atoms with Crippen LogP contribution in [-0.2, 0) is 19.2 Å². The smallest absolute Gasteiger partial charge is 0.545 e. The molecule has 100 valence electrons. The van der Waals surface area contributed by atoms with E-state index in [1.807, 2.05) is 0 Å². The minimum Gasteiger partial charge on any atom is -0.545 e. The first-order chi connectivity index (χ1) is 8.07. The summed E-state index contributed by atoms with van der Waals surface area (Å²) in [6.45, 7) is 2.23. The molecular formula is C10H8Mg2O8. The summed E-state index contributed by atoms with van der Waals surface area (Å²) in [6, 6.07) is 0. The monoisotopic (exact) mass is 304 g/mol. The van der Waals surface area contributed by atoms with Gasteiger partial charge < -0.3 is 39.6 Å². The molecule has 0 aliphatic rings. The fourth-order valence-corrected chi connectivity index (χ4v) is 0.471. The van der Waals surface area contributed by atoms with Crippen LogP contribution in [0.2, 0.25) is 0 Å². The fraction of sp³-hybridized carbons (Fsp3) is 0.200. The minimum absolute atomic E-state index is 0. The molecule has 0 aromatic heterocycles. The van der Waals surface area contributed by atoms with Gasteiger partial charge in [0.15, 0.2) is 0 Å². The van der Waals surface area contributed by atoms with Gasteiger partial charge in [0.1, 0.15) is 0 Å². The predicted molar refractivity (Wildman–Crippen MR) is 59.1 cm³/mol. The molecule has 0 rings (SSSR count). The Hall–Kier alpha value is -1.11. The summed E-state index contributed by atoms with van der Waals surface area (Å²) in [7, 11) is 0. The molecule has 0 spiro atoms. The molecule has 0 N–H and O–H groups in total. The van der Waals surface area contributed by atoms with Crippen LogP contribution in [0.5, 0.6) is 0 Å². The summed E-state index contributed by atoms with van der Waals surface area (Å²) >= 11 is 0. The van der Waals surface area contributed by atoms with Crippen molar-refractivity contribution in [1.29, 1.82) is 0 Å². The van der Waals surface area contributed by atoms with Crippen molar-refractivity contribution in [1.82, 2.24) is 0 Å². The first kappa shape index (κ1) is 27.3. The van der Waals surface area contributed by atoms with Crippen molar-refractivity contribution in [2.45, 2.75) is 13.8 Å². The van der Waals surface area contributed by atoms with E-state index < -0.39 is 23.9 Å². The van der Waals surface area contributed by atoms with Gasteiger partial charge in [-0.25, -0.2) is 0 Å². The molecule has 0 atom stereocenters. The van der Waals surface area contributed by atoms with Crippen molar-refractivity contribution < 1.29 is 39.6 Å². The molecule has 0 unspecified atom stereocenters. The molecule has 20 heavy (non-hydrogen) atoms. The van der Waals surface area contributed by atoms with Crippen LogP contribution >= 0.6 is 0 Å². The van der Waals surface area contributed by atoms with Crippen molar-refractivity contribution in [3.05, 3.63) is 23.3 Å². The van der Waals surface area contributed by atoms with E-state index in [9.17, 15) is 39.6 Å². The van der Waals surface area contributed by atoms with E-state index in [0.717, 1.165) is 13.8 Å². The zero-order valence-electron chi connectivity index (χ0n) is 10.8. The van der Waals surface area contributed by atoms with E-state index in [-0.39, 0.29) is 57.3 Å². The Morgan fingerprint density at radius 2 is 0.850 bits per heavy atom. The van der Waals surface area contributed by atoms with Gasteiger partial charge >= 0.3 is 46.1 Å². The summed E-state index contributed by atoms with van der Waals surface area (Å²) < 4.78 is 0. The maximum absolute atomic E-state index is 9.76. The fourth-order valence-electron chi connectivity index (χ4n) is 0.471. The molecule has 0 aromatic rings. The average Bonchev–Trinajstić information content (AvgIpc) is 2.16. The normalized spacial score (nSPS) is 9.90. The Bertz CT molecular complexity index is 385. The van der Waals surface area contributed by atoms with Gasteiger partial charge in [0.2, 0.25) is 0 Å². The van der Waals surface area contributed by atoms with Crippen LogP contribution in [0.25, 0.3) is 0 Å². The molecule has 0 radical (unpaired) electrons. The van der Waals surface area contributed by atoms with Gasteiger partial charge in [0.05, 0.1) is 23.9 Å². The first-order valence-electron chi connectivity index (χ1n) is 4.29. The van der Waals surface area contributed by atoms with Crippen molar-refractivity contribution in [3.8, 4) is 0 Å². The third-order valence-electron chi connectivity index (χ3n) is 1.31. The van der Waals surface area contributed by atoms with Crippen molar-refractivity contribution >= 4 is 70.0 Å². The molecule has 0 saturated heterocycles. The van der Waals surface area contributed by atoms with Crippen LogP contribution in [0.1, 0.15) is 13.8 Å². The molecule has 8 nitrogen and oxygen atoms in total. The molecular weight excluding hydrogens is 297 g/mol. The summed E-state index contributed by atoms with van der Waals surface area (Å²) in [5.74, 6) is -6.06. The second-order valence-corrected chi connectivity index (χ2v) is 2.87. The average molecular weight is 305 g/mol. The SMILES string of the molecule is C/C(=C/C(=O)[O-])C(=O)[O-].C/C(=C/C(=O)[O-])C(=O)[O-].[Mg+2].[Mg+2]. The van der Waals surface area contributed by atoms with Gasteiger partial charge in [-0.3, -0.25) is 0 Å². The summed E-state index contributed by atoms with van der Waals surface area (Å²) in [5, 5.41) is 38.8. The largest absolute Gasteiger partial charge is 2.00 e. The van der Waals surface area contributed by atoms with Crippen LogP contribution in [0.15, 0.2) is 23.3 Å². The topological polar surface area (TPSA) is 161 Å². The van der Waals surface area contributed by atoms with Crippen molar-refractivity contribution in [2.75, 3.05) is 0 Å². The third kappa shape index (κ3) is 19.2. The second kappa shape index (κ2) is 14.3. The Morgan fingerprint density at radius 1 is 0.650 bits per heavy atom. The summed E-state index contributed by atoms with van der Waals surface area (Å²) in [6.07, 6.45) is 0.935. The van der Waals surface area contributed by atoms with Gasteiger partial charge in [-0.2, -0.15) is 0 Å². The number of carbonyl (C=O) groups is 4. The molecule has 0 fully saturated rings. The van der Waals surface area contributed by atoms with Crippen LogP contribution in [0.4, 0.5) is 0 Å². The number of hydrogen-bond acceptors (Lipinski definition) is 8. The maximum atomic E-state index is 9.76. The number of aliphatic carboxylic acids is 4. The summed E-state index contributed by atoms with van der Waals surface area (Å²) in [4.78, 5) is 38.8. The van der Waals surface area contributed by atoms with Crippen molar-refractivity contribution in [3.63, 3.8) is 0 Å². The zero-order valence-corrected chi connectivity index (χ0v) is 13.7. The molecule has 0 heterocycles. The van der Waals surface area contributed by atoms with E-state index in [1.165, 1.54) is 0 Å². The third-order valence-corrected chi connectivity index (χ3v) is 1.31. The van der Waals surface area contributed by atoms with E-state index in [1.54, 1.807) is 0 Å². The molecule has 0 aliphatic heterocycles. The molecule has 0 bridgehead atoms. The Labute approximate surface area is 146 Å². The van der Waals surface area contributed by atoms with Gasteiger partial charge in [-0.1, -0.05) is 0 Å². The van der Waals surface area contributed by atoms with Crippen LogP contribution in [0, 0.1) is 0 Å². The molecule has 10 heteroatoms. The Morgan fingerprint density at radius 3 is 0.900 bits per heavy atom. The molecule has 0 aromatic carbocycles. The molecule has 0 aliphatic carbocycles. The van der Waals surface area contributed by atoms with Gasteiger partial charge in [0.25, 0.3) is 0 Å². The van der Waals surface area contributed by atoms with Crippen LogP contribution < -0.4 is 20.4 Å². The molecule has 0 amide bonds. The van der Waals surface area contributed by atoms with Crippen molar-refractivity contribution in [2.24, 2.45) is 0 Å². The number of carboxylic acid groups (broad SMARTS) is 4. The predicted octanol–water partition coefficient (Wildman–Crippen LogP) is -5.90. The number of hydrogen-bond donors (Lipinski definition) is 0. The Kier molecular flexibility index (Phi) is 19.5. The van der Waals surface area contributed by atoms with E-state index >= 15 is 0 Å². The minimum atomic E-state index is -1.53. The maximum Gasteiger partial charge on any atom is 2.00 e. The molecule has 0 saturated carbocycles. The quantitative estimate of drug-likeness (QED) is 0.366. The first-order valence-corrected chi connectivity index (χ1v) is 4.29. The standard InChI is InChI=1S/2C5H6O4.2Mg/c2*1-3(5(8)9)2-4(6)7;;/h2*2H,1H3,(H,6,7)(H,8,9);;/q;;2*+2/p-4/b2*3-2-;;. The second-order valence-electron chi connectivity index (χ2n) is 2.87. The van der Waals surface area contributed by atoms with Crippen LogP contribution in [0.3, 0.4) is 0 Å². The van der Waals surface area contributed by atoms with Crippen LogP contribution in [-0.4, -0.2) is 70.0 Å².